The Morgan fingerprint density at radius 1 is 1.22 bits per heavy atom. The number of hydrogen-bond acceptors (Lipinski definition) is 6. The Morgan fingerprint density at radius 3 is 2.52 bits per heavy atom. The van der Waals surface area contributed by atoms with Crippen LogP contribution in [0.5, 0.6) is 5.75 Å². The maximum absolute atomic E-state index is 12.9. The number of rotatable bonds is 4. The zero-order valence-electron chi connectivity index (χ0n) is 16.0. The van der Waals surface area contributed by atoms with Crippen molar-refractivity contribution in [2.75, 3.05) is 23.7 Å². The molecule has 7 nitrogen and oxygen atoms in total. The van der Waals surface area contributed by atoms with Gasteiger partial charge in [-0.3, -0.25) is 4.79 Å². The van der Waals surface area contributed by atoms with Gasteiger partial charge in [-0.2, -0.15) is 0 Å². The summed E-state index contributed by atoms with van der Waals surface area (Å²) < 4.78 is 29.4. The third kappa shape index (κ3) is 3.95. The van der Waals surface area contributed by atoms with Gasteiger partial charge in [-0.25, -0.2) is 13.2 Å². The molecule has 1 amide bonds. The highest BCUT2D eigenvalue weighted by Crippen LogP contribution is 2.34. The first-order valence-corrected chi connectivity index (χ1v) is 11.0. The lowest BCUT2D eigenvalue weighted by atomic mass is 9.97. The number of hydrogen-bond donors (Lipinski definition) is 0. The quantitative estimate of drug-likeness (QED) is 0.574. The van der Waals surface area contributed by atoms with Crippen LogP contribution in [0.15, 0.2) is 23.1 Å². The van der Waals surface area contributed by atoms with Gasteiger partial charge in [-0.15, -0.1) is 0 Å². The molecular formula is C19H26N2O5S. The molecule has 2 aliphatic rings. The second-order valence-electron chi connectivity index (χ2n) is 7.29. The normalized spacial score (nSPS) is 23.0. The zero-order valence-corrected chi connectivity index (χ0v) is 16.8. The molecule has 2 unspecified atom stereocenters. The fraction of sp³-hybridized carbons (Fsp3) is 0.579. The van der Waals surface area contributed by atoms with Crippen molar-refractivity contribution in [1.29, 1.82) is 0 Å². The number of benzene rings is 1. The van der Waals surface area contributed by atoms with Crippen molar-refractivity contribution in [3.05, 3.63) is 18.2 Å². The second kappa shape index (κ2) is 7.50. The summed E-state index contributed by atoms with van der Waals surface area (Å²) in [6.45, 7) is 5.69. The van der Waals surface area contributed by atoms with Crippen molar-refractivity contribution in [3.63, 3.8) is 0 Å². The smallest absolute Gasteiger partial charge is 0.331 e. The van der Waals surface area contributed by atoms with E-state index in [4.69, 9.17) is 4.74 Å². The number of nitrogens with zero attached hydrogens (tertiary/aromatic N) is 2. The second-order valence-corrected chi connectivity index (χ2v) is 9.57. The largest absolute Gasteiger partial charge is 0.423 e. The number of amides is 1. The van der Waals surface area contributed by atoms with E-state index in [0.29, 0.717) is 5.69 Å². The predicted molar refractivity (Wildman–Crippen MR) is 102 cm³/mol. The van der Waals surface area contributed by atoms with E-state index in [9.17, 15) is 18.0 Å². The van der Waals surface area contributed by atoms with Crippen LogP contribution in [0, 0.1) is 0 Å². The van der Waals surface area contributed by atoms with Gasteiger partial charge in [0.25, 0.3) is 0 Å². The van der Waals surface area contributed by atoms with Crippen LogP contribution >= 0.6 is 0 Å². The number of fused-ring (bicyclic) bond motifs is 1. The Hall–Kier alpha value is -2.09. The Kier molecular flexibility index (Phi) is 5.46. The molecule has 1 aromatic rings. The fourth-order valence-corrected chi connectivity index (χ4v) is 4.79. The summed E-state index contributed by atoms with van der Waals surface area (Å²) in [7, 11) is -3.41. The number of carbonyl (C=O) groups excluding carboxylic acids is 2. The topological polar surface area (TPSA) is 84.0 Å². The number of sulfone groups is 1. The highest BCUT2D eigenvalue weighted by Gasteiger charge is 2.33. The molecule has 27 heavy (non-hydrogen) atoms. The molecule has 3 rings (SSSR count). The first-order valence-electron chi connectivity index (χ1n) is 9.36. The third-order valence-electron chi connectivity index (χ3n) is 5.36. The number of ether oxygens (including phenoxy) is 1. The molecule has 0 bridgehead atoms. The average Bonchev–Trinajstić information content (AvgIpc) is 2.60. The van der Waals surface area contributed by atoms with Crippen molar-refractivity contribution < 1.29 is 22.7 Å². The van der Waals surface area contributed by atoms with Crippen LogP contribution in [0.1, 0.15) is 40.0 Å². The lowest BCUT2D eigenvalue weighted by Gasteiger charge is -2.40. The van der Waals surface area contributed by atoms with Crippen molar-refractivity contribution in [2.45, 2.75) is 57.0 Å². The van der Waals surface area contributed by atoms with E-state index in [0.717, 1.165) is 19.3 Å². The summed E-state index contributed by atoms with van der Waals surface area (Å²) in [6.07, 6.45) is 3.07. The lowest BCUT2D eigenvalue weighted by Crippen LogP contribution is -2.52. The molecule has 0 radical (unpaired) electrons. The number of carbonyl (C=O) groups is 2. The molecule has 2 aliphatic heterocycles. The predicted octanol–water partition coefficient (Wildman–Crippen LogP) is 2.00. The van der Waals surface area contributed by atoms with E-state index in [1.165, 1.54) is 12.1 Å². The average molecular weight is 394 g/mol. The molecule has 0 saturated carbocycles. The van der Waals surface area contributed by atoms with E-state index in [2.05, 4.69) is 0 Å². The minimum absolute atomic E-state index is 0.0272. The number of likely N-dealkylation sites (tertiary alicyclic amines) is 1. The van der Waals surface area contributed by atoms with Gasteiger partial charge in [-0.1, -0.05) is 6.92 Å². The molecule has 0 spiro atoms. The van der Waals surface area contributed by atoms with Gasteiger partial charge in [0.1, 0.15) is 6.54 Å². The standard InChI is InChI=1S/C19H26N2O5S/c1-4-27(24,25)15-8-9-16-17(10-15)26-19(23)12-20(16)11-18(22)21-13(2)6-5-7-14(21)3/h8-10,13-14H,4-7,11-12H2,1-3H3. The molecule has 8 heteroatoms. The minimum Gasteiger partial charge on any atom is -0.423 e. The molecule has 1 fully saturated rings. The number of esters is 1. The summed E-state index contributed by atoms with van der Waals surface area (Å²) in [5, 5.41) is 0. The zero-order chi connectivity index (χ0) is 19.8. The molecule has 0 aromatic heterocycles. The van der Waals surface area contributed by atoms with E-state index in [1.807, 2.05) is 18.7 Å². The number of piperidine rings is 1. The van der Waals surface area contributed by atoms with Gasteiger partial charge in [0.05, 0.1) is 22.9 Å². The van der Waals surface area contributed by atoms with Crippen LogP contribution in [-0.2, 0) is 19.4 Å². The Balaban J connectivity index is 1.86. The molecule has 1 aromatic carbocycles. The summed E-state index contributed by atoms with van der Waals surface area (Å²) in [5.74, 6) is -0.373. The summed E-state index contributed by atoms with van der Waals surface area (Å²) >= 11 is 0. The SMILES string of the molecule is CCS(=O)(=O)c1ccc2c(c1)OC(=O)CN2CC(=O)N1C(C)CCCC1C. The molecule has 2 atom stereocenters. The van der Waals surface area contributed by atoms with Gasteiger partial charge >= 0.3 is 5.97 Å². The number of anilines is 1. The first kappa shape index (κ1) is 19.7. The van der Waals surface area contributed by atoms with Gasteiger partial charge in [0, 0.05) is 18.2 Å². The fourth-order valence-electron chi connectivity index (χ4n) is 3.89. The van der Waals surface area contributed by atoms with Crippen LogP contribution in [0.25, 0.3) is 0 Å². The van der Waals surface area contributed by atoms with Crippen molar-refractivity contribution in [2.24, 2.45) is 0 Å². The van der Waals surface area contributed by atoms with Crippen LogP contribution in [0.2, 0.25) is 0 Å². The maximum atomic E-state index is 12.9. The molecule has 0 aliphatic carbocycles. The van der Waals surface area contributed by atoms with E-state index in [-0.39, 0.29) is 47.5 Å². The Labute approximate surface area is 160 Å². The summed E-state index contributed by atoms with van der Waals surface area (Å²) in [4.78, 5) is 28.6. The van der Waals surface area contributed by atoms with Gasteiger partial charge in [-0.05, 0) is 45.2 Å². The van der Waals surface area contributed by atoms with E-state index >= 15 is 0 Å². The summed E-state index contributed by atoms with van der Waals surface area (Å²) in [6, 6.07) is 4.83. The minimum atomic E-state index is -3.41. The van der Waals surface area contributed by atoms with Crippen LogP contribution in [-0.4, -0.2) is 56.1 Å². The monoisotopic (exact) mass is 394 g/mol. The maximum Gasteiger partial charge on any atom is 0.331 e. The molecule has 148 valence electrons. The highest BCUT2D eigenvalue weighted by molar-refractivity contribution is 7.91. The Morgan fingerprint density at radius 2 is 1.89 bits per heavy atom. The molecule has 2 heterocycles. The van der Waals surface area contributed by atoms with Gasteiger partial charge < -0.3 is 14.5 Å². The van der Waals surface area contributed by atoms with Crippen LogP contribution < -0.4 is 9.64 Å². The third-order valence-corrected chi connectivity index (χ3v) is 7.09. The van der Waals surface area contributed by atoms with E-state index < -0.39 is 15.8 Å². The summed E-state index contributed by atoms with van der Waals surface area (Å²) in [5.41, 5.74) is 0.565. The molecular weight excluding hydrogens is 368 g/mol. The first-order chi connectivity index (χ1) is 12.7. The molecule has 0 N–H and O–H groups in total. The highest BCUT2D eigenvalue weighted by atomic mass is 32.2. The molecule has 1 saturated heterocycles. The van der Waals surface area contributed by atoms with E-state index in [1.54, 1.807) is 17.9 Å². The van der Waals surface area contributed by atoms with Crippen LogP contribution in [0.3, 0.4) is 0 Å². The van der Waals surface area contributed by atoms with Crippen LogP contribution in [0.4, 0.5) is 5.69 Å². The van der Waals surface area contributed by atoms with Crippen molar-refractivity contribution >= 4 is 27.4 Å². The van der Waals surface area contributed by atoms with Gasteiger partial charge in [0.15, 0.2) is 15.6 Å². The van der Waals surface area contributed by atoms with Crippen molar-refractivity contribution in [3.8, 4) is 5.75 Å². The van der Waals surface area contributed by atoms with Gasteiger partial charge in [0.2, 0.25) is 5.91 Å². The lowest BCUT2D eigenvalue weighted by molar-refractivity contribution is -0.136. The Bertz CT molecular complexity index is 842. The van der Waals surface area contributed by atoms with Crippen molar-refractivity contribution in [1.82, 2.24) is 4.90 Å².